The number of amides is 1. The minimum atomic E-state index is -0.130. The second kappa shape index (κ2) is 7.59. The summed E-state index contributed by atoms with van der Waals surface area (Å²) < 4.78 is 5.91. The number of nitrogens with zero attached hydrogens (tertiary/aromatic N) is 1. The summed E-state index contributed by atoms with van der Waals surface area (Å²) in [5.41, 5.74) is 0.562. The predicted molar refractivity (Wildman–Crippen MR) is 87.3 cm³/mol. The standard InChI is InChI=1S/C18H24N2O3/c21-12-13-6-7-15(10-13)20-18(22)14-8-9-19-17(11-14)23-16-4-2-1-3-5-16/h6-9,11,13,15-16,21H,1-5,10,12H2,(H,20,22)/t13-,15+/m0/s1. The Morgan fingerprint density at radius 2 is 2.13 bits per heavy atom. The average Bonchev–Trinajstić information content (AvgIpc) is 3.03. The molecule has 2 atom stereocenters. The molecule has 1 heterocycles. The Labute approximate surface area is 136 Å². The first-order valence-corrected chi connectivity index (χ1v) is 8.47. The normalized spacial score (nSPS) is 24.6. The second-order valence-corrected chi connectivity index (χ2v) is 6.40. The Kier molecular flexibility index (Phi) is 5.28. The van der Waals surface area contributed by atoms with Crippen LogP contribution in [0.5, 0.6) is 5.88 Å². The Morgan fingerprint density at radius 3 is 2.87 bits per heavy atom. The molecule has 2 aliphatic rings. The zero-order valence-electron chi connectivity index (χ0n) is 13.3. The lowest BCUT2D eigenvalue weighted by Crippen LogP contribution is -2.33. The first kappa shape index (κ1) is 16.0. The van der Waals surface area contributed by atoms with Gasteiger partial charge >= 0.3 is 0 Å². The number of nitrogens with one attached hydrogen (secondary N) is 1. The molecule has 0 bridgehead atoms. The van der Waals surface area contributed by atoms with E-state index in [-0.39, 0.29) is 30.6 Å². The van der Waals surface area contributed by atoms with Gasteiger partial charge in [-0.15, -0.1) is 0 Å². The van der Waals surface area contributed by atoms with Gasteiger partial charge in [0.2, 0.25) is 5.88 Å². The third-order valence-corrected chi connectivity index (χ3v) is 4.56. The number of carbonyl (C=O) groups is 1. The molecule has 2 aliphatic carbocycles. The molecule has 5 nitrogen and oxygen atoms in total. The van der Waals surface area contributed by atoms with Gasteiger partial charge in [0.1, 0.15) is 6.10 Å². The maximum atomic E-state index is 12.3. The number of rotatable bonds is 5. The van der Waals surface area contributed by atoms with Crippen LogP contribution in [-0.2, 0) is 0 Å². The quantitative estimate of drug-likeness (QED) is 0.819. The maximum Gasteiger partial charge on any atom is 0.251 e. The fourth-order valence-electron chi connectivity index (χ4n) is 3.24. The zero-order valence-corrected chi connectivity index (χ0v) is 13.3. The monoisotopic (exact) mass is 316 g/mol. The lowest BCUT2D eigenvalue weighted by atomic mass is 9.98. The molecule has 23 heavy (non-hydrogen) atoms. The van der Waals surface area contributed by atoms with E-state index < -0.39 is 0 Å². The molecule has 1 saturated carbocycles. The SMILES string of the molecule is O=C(N[C@@H]1C=C[C@H](CO)C1)c1ccnc(OC2CCCCC2)c1. The summed E-state index contributed by atoms with van der Waals surface area (Å²) in [6.45, 7) is 0.123. The zero-order chi connectivity index (χ0) is 16.1. The van der Waals surface area contributed by atoms with Gasteiger partial charge in [0.15, 0.2) is 0 Å². The van der Waals surface area contributed by atoms with Crippen LogP contribution in [0, 0.1) is 5.92 Å². The topological polar surface area (TPSA) is 71.5 Å². The lowest BCUT2D eigenvalue weighted by molar-refractivity contribution is 0.0939. The van der Waals surface area contributed by atoms with Gasteiger partial charge in [-0.25, -0.2) is 4.98 Å². The van der Waals surface area contributed by atoms with Crippen LogP contribution >= 0.6 is 0 Å². The molecule has 1 fully saturated rings. The first-order valence-electron chi connectivity index (χ1n) is 8.47. The molecule has 0 unspecified atom stereocenters. The molecule has 5 heteroatoms. The summed E-state index contributed by atoms with van der Waals surface area (Å²) >= 11 is 0. The van der Waals surface area contributed by atoms with E-state index in [9.17, 15) is 4.79 Å². The summed E-state index contributed by atoms with van der Waals surface area (Å²) in [5, 5.41) is 12.1. The van der Waals surface area contributed by atoms with Gasteiger partial charge in [-0.3, -0.25) is 4.79 Å². The minimum Gasteiger partial charge on any atom is -0.474 e. The predicted octanol–water partition coefficient (Wildman–Crippen LogP) is 2.46. The van der Waals surface area contributed by atoms with Crippen molar-refractivity contribution < 1.29 is 14.6 Å². The van der Waals surface area contributed by atoms with Crippen LogP contribution < -0.4 is 10.1 Å². The van der Waals surface area contributed by atoms with E-state index >= 15 is 0 Å². The summed E-state index contributed by atoms with van der Waals surface area (Å²) in [6.07, 6.45) is 12.3. The molecule has 1 aromatic heterocycles. The van der Waals surface area contributed by atoms with E-state index in [0.29, 0.717) is 11.4 Å². The molecule has 1 amide bonds. The third kappa shape index (κ3) is 4.32. The van der Waals surface area contributed by atoms with Crippen LogP contribution in [0.25, 0.3) is 0 Å². The van der Waals surface area contributed by atoms with Gasteiger partial charge in [0.05, 0.1) is 0 Å². The van der Waals surface area contributed by atoms with E-state index in [1.807, 2.05) is 12.2 Å². The molecule has 2 N–H and O–H groups in total. The molecule has 0 radical (unpaired) electrons. The number of aliphatic hydroxyl groups is 1. The van der Waals surface area contributed by atoms with Crippen molar-refractivity contribution in [2.75, 3.05) is 6.61 Å². The lowest BCUT2D eigenvalue weighted by Gasteiger charge is -2.22. The molecule has 0 saturated heterocycles. The minimum absolute atomic E-state index is 0.0180. The van der Waals surface area contributed by atoms with Crippen LogP contribution in [0.2, 0.25) is 0 Å². The number of aromatic nitrogens is 1. The number of ether oxygens (including phenoxy) is 1. The van der Waals surface area contributed by atoms with Crippen molar-refractivity contribution in [1.29, 1.82) is 0 Å². The maximum absolute atomic E-state index is 12.3. The van der Waals surface area contributed by atoms with Crippen molar-refractivity contribution in [3.63, 3.8) is 0 Å². The van der Waals surface area contributed by atoms with Gasteiger partial charge in [-0.1, -0.05) is 18.6 Å². The summed E-state index contributed by atoms with van der Waals surface area (Å²) in [4.78, 5) is 16.6. The highest BCUT2D eigenvalue weighted by molar-refractivity contribution is 5.94. The number of hydrogen-bond donors (Lipinski definition) is 2. The third-order valence-electron chi connectivity index (χ3n) is 4.56. The highest BCUT2D eigenvalue weighted by Gasteiger charge is 2.21. The van der Waals surface area contributed by atoms with Crippen molar-refractivity contribution in [3.8, 4) is 5.88 Å². The van der Waals surface area contributed by atoms with E-state index in [2.05, 4.69) is 10.3 Å². The van der Waals surface area contributed by atoms with Gasteiger partial charge in [0.25, 0.3) is 5.91 Å². The molecule has 0 spiro atoms. The van der Waals surface area contributed by atoms with Crippen molar-refractivity contribution >= 4 is 5.91 Å². The Bertz CT molecular complexity index is 567. The fraction of sp³-hybridized carbons (Fsp3) is 0.556. The molecule has 0 aromatic carbocycles. The van der Waals surface area contributed by atoms with Crippen molar-refractivity contribution in [2.45, 2.75) is 50.7 Å². The molecule has 0 aliphatic heterocycles. The number of aliphatic hydroxyl groups excluding tert-OH is 1. The molecule has 3 rings (SSSR count). The summed E-state index contributed by atoms with van der Waals surface area (Å²) in [6, 6.07) is 3.40. The Hall–Kier alpha value is -1.88. The molecule has 124 valence electrons. The van der Waals surface area contributed by atoms with E-state index in [4.69, 9.17) is 9.84 Å². The first-order chi connectivity index (χ1) is 11.2. The van der Waals surface area contributed by atoms with Gasteiger partial charge in [0, 0.05) is 36.4 Å². The number of hydrogen-bond acceptors (Lipinski definition) is 4. The Morgan fingerprint density at radius 1 is 1.30 bits per heavy atom. The smallest absolute Gasteiger partial charge is 0.251 e. The molecular formula is C18H24N2O3. The number of carbonyl (C=O) groups excluding carboxylic acids is 1. The summed E-state index contributed by atoms with van der Waals surface area (Å²) in [5.74, 6) is 0.539. The van der Waals surface area contributed by atoms with E-state index in [1.165, 1.54) is 19.3 Å². The Balaban J connectivity index is 1.58. The van der Waals surface area contributed by atoms with E-state index in [1.54, 1.807) is 18.3 Å². The molecule has 1 aromatic rings. The van der Waals surface area contributed by atoms with Crippen molar-refractivity contribution in [1.82, 2.24) is 10.3 Å². The van der Waals surface area contributed by atoms with Crippen molar-refractivity contribution in [2.24, 2.45) is 5.92 Å². The highest BCUT2D eigenvalue weighted by atomic mass is 16.5. The van der Waals surface area contributed by atoms with E-state index in [0.717, 1.165) is 19.3 Å². The average molecular weight is 316 g/mol. The van der Waals surface area contributed by atoms with Crippen LogP contribution in [0.4, 0.5) is 0 Å². The van der Waals surface area contributed by atoms with Crippen LogP contribution in [0.1, 0.15) is 48.9 Å². The highest BCUT2D eigenvalue weighted by Crippen LogP contribution is 2.23. The largest absolute Gasteiger partial charge is 0.474 e. The summed E-state index contributed by atoms with van der Waals surface area (Å²) in [7, 11) is 0. The van der Waals surface area contributed by atoms with Crippen LogP contribution in [0.15, 0.2) is 30.5 Å². The van der Waals surface area contributed by atoms with Gasteiger partial charge in [-0.05, 0) is 38.2 Å². The second-order valence-electron chi connectivity index (χ2n) is 6.40. The fourth-order valence-corrected chi connectivity index (χ4v) is 3.24. The van der Waals surface area contributed by atoms with Crippen LogP contribution in [-0.4, -0.2) is 34.8 Å². The molecular weight excluding hydrogens is 292 g/mol. The van der Waals surface area contributed by atoms with Crippen LogP contribution in [0.3, 0.4) is 0 Å². The van der Waals surface area contributed by atoms with Crippen molar-refractivity contribution in [3.05, 3.63) is 36.0 Å². The van der Waals surface area contributed by atoms with Gasteiger partial charge < -0.3 is 15.2 Å². The van der Waals surface area contributed by atoms with Gasteiger partial charge in [-0.2, -0.15) is 0 Å². The number of pyridine rings is 1.